The molecule has 0 aliphatic heterocycles. The number of carbonyl (C=O) groups excluding carboxylic acids is 1. The van der Waals surface area contributed by atoms with Crippen LogP contribution >= 0.6 is 0 Å². The molecule has 6 heteroatoms. The number of aliphatic carboxylic acids is 1. The molecule has 1 aromatic rings. The van der Waals surface area contributed by atoms with Gasteiger partial charge >= 0.3 is 12.1 Å². The molecule has 0 aromatic heterocycles. The lowest BCUT2D eigenvalue weighted by molar-refractivity contribution is -0.145. The number of Topliss-reactive ketones (excluding diaryl/α,β-unsaturated/α-hetero) is 1. The molecule has 0 radical (unpaired) electrons. The van der Waals surface area contributed by atoms with Crippen LogP contribution in [0.25, 0.3) is 0 Å². The maximum absolute atomic E-state index is 12.4. The highest BCUT2D eigenvalue weighted by molar-refractivity contribution is 5.97. The molecule has 0 saturated heterocycles. The van der Waals surface area contributed by atoms with Crippen molar-refractivity contribution in [3.63, 3.8) is 0 Å². The van der Waals surface area contributed by atoms with Gasteiger partial charge in [0, 0.05) is 0 Å². The molecule has 0 fully saturated rings. The van der Waals surface area contributed by atoms with Crippen molar-refractivity contribution < 1.29 is 27.9 Å². The first-order valence-corrected chi connectivity index (χ1v) is 5.11. The Morgan fingerprint density at radius 1 is 1.33 bits per heavy atom. The summed E-state index contributed by atoms with van der Waals surface area (Å²) in [5.74, 6) is -3.23. The first-order chi connectivity index (χ1) is 8.21. The average Bonchev–Trinajstić information content (AvgIpc) is 2.24. The van der Waals surface area contributed by atoms with E-state index in [-0.39, 0.29) is 12.0 Å². The van der Waals surface area contributed by atoms with E-state index in [1.54, 1.807) is 0 Å². The van der Waals surface area contributed by atoms with Gasteiger partial charge in [0.25, 0.3) is 0 Å². The van der Waals surface area contributed by atoms with Crippen molar-refractivity contribution >= 4 is 11.8 Å². The number of carbonyl (C=O) groups is 2. The van der Waals surface area contributed by atoms with E-state index in [1.165, 1.54) is 12.1 Å². The van der Waals surface area contributed by atoms with Gasteiger partial charge in [-0.1, -0.05) is 18.2 Å². The summed E-state index contributed by atoms with van der Waals surface area (Å²) in [5, 5.41) is 8.79. The fraction of sp³-hybridized carbons (Fsp3) is 0.333. The molecular weight excluding hydrogens is 249 g/mol. The molecule has 3 nitrogen and oxygen atoms in total. The Morgan fingerprint density at radius 2 is 1.94 bits per heavy atom. The summed E-state index contributed by atoms with van der Waals surface area (Å²) < 4.78 is 37.3. The lowest BCUT2D eigenvalue weighted by Crippen LogP contribution is -2.23. The minimum Gasteiger partial charge on any atom is -0.481 e. The van der Waals surface area contributed by atoms with Crippen molar-refractivity contribution in [2.75, 3.05) is 0 Å². The van der Waals surface area contributed by atoms with Gasteiger partial charge < -0.3 is 5.11 Å². The van der Waals surface area contributed by atoms with Gasteiger partial charge in [-0.15, -0.1) is 0 Å². The molecule has 98 valence electrons. The van der Waals surface area contributed by atoms with Crippen molar-refractivity contribution in [2.24, 2.45) is 5.92 Å². The summed E-state index contributed by atoms with van der Waals surface area (Å²) in [7, 11) is 0. The van der Waals surface area contributed by atoms with Gasteiger partial charge in [-0.25, -0.2) is 0 Å². The van der Waals surface area contributed by atoms with Crippen LogP contribution in [0.2, 0.25) is 0 Å². The van der Waals surface area contributed by atoms with Gasteiger partial charge in [-0.05, 0) is 25.0 Å². The van der Waals surface area contributed by atoms with Crippen LogP contribution < -0.4 is 0 Å². The molecule has 18 heavy (non-hydrogen) atoms. The quantitative estimate of drug-likeness (QED) is 0.846. The Hall–Kier alpha value is -1.85. The van der Waals surface area contributed by atoms with E-state index in [4.69, 9.17) is 5.11 Å². The third-order valence-corrected chi connectivity index (χ3v) is 2.48. The predicted octanol–water partition coefficient (Wildman–Crippen LogP) is 2.54. The zero-order chi connectivity index (χ0) is 13.9. The maximum Gasteiger partial charge on any atom is 0.416 e. The molecular formula is C12H11F3O3. The highest BCUT2D eigenvalue weighted by Crippen LogP contribution is 2.30. The summed E-state index contributed by atoms with van der Waals surface area (Å²) in [6.45, 7) is 1.10. The molecule has 1 aromatic carbocycles. The number of benzene rings is 1. The van der Waals surface area contributed by atoms with Crippen molar-refractivity contribution in [1.29, 1.82) is 0 Å². The Bertz CT molecular complexity index is 452. The van der Waals surface area contributed by atoms with Gasteiger partial charge in [0.05, 0.1) is 5.56 Å². The van der Waals surface area contributed by atoms with E-state index < -0.39 is 29.4 Å². The molecule has 1 unspecified atom stereocenters. The molecule has 1 N–H and O–H groups in total. The van der Waals surface area contributed by atoms with Crippen molar-refractivity contribution in [1.82, 2.24) is 0 Å². The average molecular weight is 260 g/mol. The van der Waals surface area contributed by atoms with E-state index in [2.05, 4.69) is 0 Å². The SMILES string of the molecule is CC(=O)C(Cc1cccc(C(F)(F)F)c1)C(=O)O. The first kappa shape index (κ1) is 14.2. The number of hydrogen-bond acceptors (Lipinski definition) is 2. The summed E-state index contributed by atoms with van der Waals surface area (Å²) in [6.07, 6.45) is -4.72. The second-order valence-corrected chi connectivity index (χ2v) is 3.90. The highest BCUT2D eigenvalue weighted by atomic mass is 19.4. The van der Waals surface area contributed by atoms with Crippen molar-refractivity contribution in [3.05, 3.63) is 35.4 Å². The lowest BCUT2D eigenvalue weighted by Gasteiger charge is -2.11. The monoisotopic (exact) mass is 260 g/mol. The number of carboxylic acid groups (broad SMARTS) is 1. The van der Waals surface area contributed by atoms with Crippen LogP contribution in [-0.4, -0.2) is 16.9 Å². The Morgan fingerprint density at radius 3 is 2.39 bits per heavy atom. The van der Waals surface area contributed by atoms with Crippen LogP contribution in [0.3, 0.4) is 0 Å². The third-order valence-electron chi connectivity index (χ3n) is 2.48. The summed E-state index contributed by atoms with van der Waals surface area (Å²) in [5.41, 5.74) is -0.680. The molecule has 0 bridgehead atoms. The fourth-order valence-corrected chi connectivity index (χ4v) is 1.52. The molecule has 0 aliphatic carbocycles. The van der Waals surface area contributed by atoms with Gasteiger partial charge in [0.1, 0.15) is 11.7 Å². The van der Waals surface area contributed by atoms with Crippen molar-refractivity contribution in [2.45, 2.75) is 19.5 Å². The van der Waals surface area contributed by atoms with Crippen LogP contribution in [0.15, 0.2) is 24.3 Å². The van der Waals surface area contributed by atoms with Gasteiger partial charge in [-0.3, -0.25) is 9.59 Å². The largest absolute Gasteiger partial charge is 0.481 e. The molecule has 0 aliphatic rings. The zero-order valence-electron chi connectivity index (χ0n) is 9.49. The number of alkyl halides is 3. The fourth-order valence-electron chi connectivity index (χ4n) is 1.52. The van der Waals surface area contributed by atoms with Gasteiger partial charge in [-0.2, -0.15) is 13.2 Å². The topological polar surface area (TPSA) is 54.4 Å². The number of carboxylic acids is 1. The highest BCUT2D eigenvalue weighted by Gasteiger charge is 2.31. The van der Waals surface area contributed by atoms with Gasteiger partial charge in [0.2, 0.25) is 0 Å². The Labute approximate surface area is 101 Å². The standard InChI is InChI=1S/C12H11F3O3/c1-7(16)10(11(17)18)6-8-3-2-4-9(5-8)12(13,14)15/h2-5,10H,6H2,1H3,(H,17,18). The van der Waals surface area contributed by atoms with E-state index in [9.17, 15) is 22.8 Å². The Balaban J connectivity index is 2.98. The van der Waals surface area contributed by atoms with E-state index >= 15 is 0 Å². The number of halogens is 3. The summed E-state index contributed by atoms with van der Waals surface area (Å²) in [4.78, 5) is 21.9. The molecule has 0 heterocycles. The second-order valence-electron chi connectivity index (χ2n) is 3.90. The molecule has 0 saturated carbocycles. The predicted molar refractivity (Wildman–Crippen MR) is 57.0 cm³/mol. The van der Waals surface area contributed by atoms with Gasteiger partial charge in [0.15, 0.2) is 0 Å². The number of ketones is 1. The number of hydrogen-bond donors (Lipinski definition) is 1. The van der Waals surface area contributed by atoms with Crippen LogP contribution in [-0.2, 0) is 22.2 Å². The van der Waals surface area contributed by atoms with Crippen LogP contribution in [0.5, 0.6) is 0 Å². The second kappa shape index (κ2) is 5.20. The van der Waals surface area contributed by atoms with Crippen LogP contribution in [0, 0.1) is 5.92 Å². The molecule has 0 amide bonds. The first-order valence-electron chi connectivity index (χ1n) is 5.11. The zero-order valence-corrected chi connectivity index (χ0v) is 9.49. The minimum atomic E-state index is -4.48. The lowest BCUT2D eigenvalue weighted by atomic mass is 9.95. The number of rotatable bonds is 4. The van der Waals surface area contributed by atoms with Crippen molar-refractivity contribution in [3.8, 4) is 0 Å². The van der Waals surface area contributed by atoms with E-state index in [1.807, 2.05) is 0 Å². The Kier molecular flexibility index (Phi) is 4.11. The third kappa shape index (κ3) is 3.58. The summed E-state index contributed by atoms with van der Waals surface area (Å²) in [6, 6.07) is 4.32. The van der Waals surface area contributed by atoms with E-state index in [0.717, 1.165) is 19.1 Å². The minimum absolute atomic E-state index is 0.174. The maximum atomic E-state index is 12.4. The molecule has 0 spiro atoms. The normalized spacial score (nSPS) is 13.1. The molecule has 1 atom stereocenters. The smallest absolute Gasteiger partial charge is 0.416 e. The molecule has 1 rings (SSSR count). The van der Waals surface area contributed by atoms with Crippen LogP contribution in [0.1, 0.15) is 18.1 Å². The van der Waals surface area contributed by atoms with E-state index in [0.29, 0.717) is 0 Å². The summed E-state index contributed by atoms with van der Waals surface area (Å²) >= 11 is 0. The van der Waals surface area contributed by atoms with Crippen LogP contribution in [0.4, 0.5) is 13.2 Å².